The molecule has 122 valence electrons. The number of rotatable bonds is 5. The van der Waals surface area contributed by atoms with E-state index in [1.807, 2.05) is 13.8 Å². The van der Waals surface area contributed by atoms with Gasteiger partial charge in [-0.05, 0) is 38.1 Å². The normalized spacial score (nSPS) is 10.7. The molecular weight excluding hydrogens is 307 g/mol. The molecule has 0 amide bonds. The van der Waals surface area contributed by atoms with Crippen LogP contribution < -0.4 is 10.6 Å². The highest BCUT2D eigenvalue weighted by Crippen LogP contribution is 2.22. The Morgan fingerprint density at radius 3 is 2.33 bits per heavy atom. The van der Waals surface area contributed by atoms with Crippen molar-refractivity contribution in [1.29, 1.82) is 0 Å². The molecule has 2 N–H and O–H groups in total. The van der Waals surface area contributed by atoms with E-state index in [4.69, 9.17) is 0 Å². The average Bonchev–Trinajstić information content (AvgIpc) is 2.55. The second-order valence-corrected chi connectivity index (χ2v) is 5.45. The first-order valence-electron chi connectivity index (χ1n) is 7.56. The molecule has 0 bridgehead atoms. The molecule has 1 aromatic carbocycles. The largest absolute Gasteiger partial charge is 0.352 e. The summed E-state index contributed by atoms with van der Waals surface area (Å²) in [5, 5.41) is 6.21. The summed E-state index contributed by atoms with van der Waals surface area (Å²) in [6, 6.07) is 10.1. The number of pyridine rings is 1. The Hall–Kier alpha value is -3.09. The molecule has 3 rings (SSSR count). The summed E-state index contributed by atoms with van der Waals surface area (Å²) in [6.45, 7) is 3.95. The summed E-state index contributed by atoms with van der Waals surface area (Å²) >= 11 is 0. The van der Waals surface area contributed by atoms with Gasteiger partial charge in [0.1, 0.15) is 5.82 Å². The number of anilines is 3. The van der Waals surface area contributed by atoms with Crippen molar-refractivity contribution in [2.45, 2.75) is 19.9 Å². The van der Waals surface area contributed by atoms with Gasteiger partial charge in [0.15, 0.2) is 5.82 Å². The molecule has 0 aliphatic rings. The number of benzene rings is 1. The minimum atomic E-state index is -0.381. The zero-order chi connectivity index (χ0) is 16.9. The summed E-state index contributed by atoms with van der Waals surface area (Å²) < 4.78 is 14.1. The third kappa shape index (κ3) is 3.81. The van der Waals surface area contributed by atoms with Gasteiger partial charge in [-0.25, -0.2) is 4.39 Å². The Morgan fingerprint density at radius 2 is 1.62 bits per heavy atom. The predicted molar refractivity (Wildman–Crippen MR) is 91.5 cm³/mol. The number of hydrogen-bond donors (Lipinski definition) is 2. The fourth-order valence-electron chi connectivity index (χ4n) is 2.08. The van der Waals surface area contributed by atoms with Gasteiger partial charge in [0, 0.05) is 24.1 Å². The van der Waals surface area contributed by atoms with Crippen LogP contribution in [-0.4, -0.2) is 26.0 Å². The van der Waals surface area contributed by atoms with Crippen LogP contribution in [0.4, 0.5) is 22.0 Å². The Kier molecular flexibility index (Phi) is 4.60. The molecule has 0 aliphatic heterocycles. The van der Waals surface area contributed by atoms with Gasteiger partial charge in [-0.15, -0.1) is 0 Å². The fourth-order valence-corrected chi connectivity index (χ4v) is 2.08. The summed E-state index contributed by atoms with van der Waals surface area (Å²) in [6.07, 6.45) is 3.32. The van der Waals surface area contributed by atoms with Crippen molar-refractivity contribution >= 4 is 17.6 Å². The lowest BCUT2D eigenvalue weighted by molar-refractivity contribution is 0.630. The zero-order valence-corrected chi connectivity index (χ0v) is 13.4. The van der Waals surface area contributed by atoms with Gasteiger partial charge in [-0.1, -0.05) is 12.1 Å². The number of hydrogen-bond acceptors (Lipinski definition) is 6. The molecular formula is C17H17FN6. The maximum atomic E-state index is 14.1. The molecule has 0 spiro atoms. The Bertz CT molecular complexity index is 822. The number of halogens is 1. The second kappa shape index (κ2) is 6.99. The number of nitrogens with zero attached hydrogens (tertiary/aromatic N) is 4. The number of nitrogens with one attached hydrogen (secondary N) is 2. The van der Waals surface area contributed by atoms with Crippen LogP contribution in [0.15, 0.2) is 48.8 Å². The van der Waals surface area contributed by atoms with Crippen molar-refractivity contribution < 1.29 is 4.39 Å². The lowest BCUT2D eigenvalue weighted by atomic mass is 10.2. The van der Waals surface area contributed by atoms with Crippen molar-refractivity contribution in [3.63, 3.8) is 0 Å². The average molecular weight is 324 g/mol. The van der Waals surface area contributed by atoms with E-state index >= 15 is 0 Å². The maximum absolute atomic E-state index is 14.1. The summed E-state index contributed by atoms with van der Waals surface area (Å²) in [4.78, 5) is 17.0. The highest BCUT2D eigenvalue weighted by atomic mass is 19.1. The highest BCUT2D eigenvalue weighted by Gasteiger charge is 2.12. The standard InChI is InChI=1S/C17H17FN6/c1-11(2)20-16-22-15(13-5-3-4-6-14(13)18)23-17(24-16)21-12-7-9-19-10-8-12/h3-11H,1-2H3,(H2,19,20,21,22,23,24). The van der Waals surface area contributed by atoms with Crippen LogP contribution in [-0.2, 0) is 0 Å². The zero-order valence-electron chi connectivity index (χ0n) is 13.4. The van der Waals surface area contributed by atoms with Crippen LogP contribution in [0.1, 0.15) is 13.8 Å². The summed E-state index contributed by atoms with van der Waals surface area (Å²) in [7, 11) is 0. The van der Waals surface area contributed by atoms with Gasteiger partial charge < -0.3 is 10.6 Å². The van der Waals surface area contributed by atoms with Gasteiger partial charge in [-0.2, -0.15) is 15.0 Å². The van der Waals surface area contributed by atoms with Crippen LogP contribution in [0.25, 0.3) is 11.4 Å². The van der Waals surface area contributed by atoms with Crippen molar-refractivity contribution in [2.24, 2.45) is 0 Å². The molecule has 3 aromatic rings. The minimum Gasteiger partial charge on any atom is -0.352 e. The topological polar surface area (TPSA) is 75.6 Å². The van der Waals surface area contributed by atoms with E-state index in [0.717, 1.165) is 5.69 Å². The molecule has 0 radical (unpaired) electrons. The van der Waals surface area contributed by atoms with Gasteiger partial charge in [0.2, 0.25) is 11.9 Å². The van der Waals surface area contributed by atoms with Crippen molar-refractivity contribution in [2.75, 3.05) is 10.6 Å². The molecule has 24 heavy (non-hydrogen) atoms. The van der Waals surface area contributed by atoms with Crippen LogP contribution >= 0.6 is 0 Å². The molecule has 7 heteroatoms. The van der Waals surface area contributed by atoms with E-state index in [-0.39, 0.29) is 17.7 Å². The molecule has 0 saturated carbocycles. The highest BCUT2D eigenvalue weighted by molar-refractivity contribution is 5.61. The fraction of sp³-hybridized carbons (Fsp3) is 0.176. The SMILES string of the molecule is CC(C)Nc1nc(Nc2ccncc2)nc(-c2ccccc2F)n1. The van der Waals surface area contributed by atoms with Crippen LogP contribution in [0, 0.1) is 5.82 Å². The lowest BCUT2D eigenvalue weighted by Gasteiger charge is -2.12. The van der Waals surface area contributed by atoms with Gasteiger partial charge >= 0.3 is 0 Å². The smallest absolute Gasteiger partial charge is 0.232 e. The van der Waals surface area contributed by atoms with E-state index in [9.17, 15) is 4.39 Å². The van der Waals surface area contributed by atoms with Crippen LogP contribution in [0.3, 0.4) is 0 Å². The van der Waals surface area contributed by atoms with Gasteiger partial charge in [0.25, 0.3) is 0 Å². The Morgan fingerprint density at radius 1 is 0.917 bits per heavy atom. The van der Waals surface area contributed by atoms with Crippen molar-refractivity contribution in [1.82, 2.24) is 19.9 Å². The van der Waals surface area contributed by atoms with Crippen molar-refractivity contribution in [3.8, 4) is 11.4 Å². The summed E-state index contributed by atoms with van der Waals surface area (Å²) in [5.74, 6) is 0.601. The quantitative estimate of drug-likeness (QED) is 0.746. The second-order valence-electron chi connectivity index (χ2n) is 5.45. The molecule has 0 fully saturated rings. The molecule has 2 aromatic heterocycles. The van der Waals surface area contributed by atoms with E-state index < -0.39 is 0 Å². The maximum Gasteiger partial charge on any atom is 0.232 e. The predicted octanol–water partition coefficient (Wildman–Crippen LogP) is 3.64. The van der Waals surface area contributed by atoms with E-state index in [0.29, 0.717) is 17.5 Å². The monoisotopic (exact) mass is 324 g/mol. The first-order chi connectivity index (χ1) is 11.6. The molecule has 0 saturated heterocycles. The molecule has 6 nitrogen and oxygen atoms in total. The number of aromatic nitrogens is 4. The molecule has 0 unspecified atom stereocenters. The third-order valence-corrected chi connectivity index (χ3v) is 3.10. The van der Waals surface area contributed by atoms with Crippen LogP contribution in [0.5, 0.6) is 0 Å². The van der Waals surface area contributed by atoms with E-state index in [1.54, 1.807) is 42.7 Å². The third-order valence-electron chi connectivity index (χ3n) is 3.10. The van der Waals surface area contributed by atoms with Crippen LogP contribution in [0.2, 0.25) is 0 Å². The summed E-state index contributed by atoms with van der Waals surface area (Å²) in [5.41, 5.74) is 1.11. The lowest BCUT2D eigenvalue weighted by Crippen LogP contribution is -2.14. The van der Waals surface area contributed by atoms with Gasteiger partial charge in [-0.3, -0.25) is 4.98 Å². The van der Waals surface area contributed by atoms with E-state index in [2.05, 4.69) is 30.6 Å². The van der Waals surface area contributed by atoms with Gasteiger partial charge in [0.05, 0.1) is 5.56 Å². The van der Waals surface area contributed by atoms with E-state index in [1.165, 1.54) is 6.07 Å². The first kappa shape index (κ1) is 15.8. The van der Waals surface area contributed by atoms with Crippen molar-refractivity contribution in [3.05, 3.63) is 54.6 Å². The Balaban J connectivity index is 2.02. The molecule has 0 atom stereocenters. The molecule has 2 heterocycles. The Labute approximate surface area is 139 Å². The first-order valence-corrected chi connectivity index (χ1v) is 7.56. The minimum absolute atomic E-state index is 0.134. The molecule has 0 aliphatic carbocycles.